The first-order valence-electron chi connectivity index (χ1n) is 5.89. The van der Waals surface area contributed by atoms with Crippen LogP contribution in [0.5, 0.6) is 0 Å². The van der Waals surface area contributed by atoms with E-state index >= 15 is 0 Å². The topological polar surface area (TPSA) is 61.6 Å². The number of nitrogens with two attached hydrogens (primary N) is 1. The fraction of sp³-hybridized carbons (Fsp3) is 0.909. The van der Waals surface area contributed by atoms with Gasteiger partial charge in [0.1, 0.15) is 0 Å². The minimum atomic E-state index is -0.264. The maximum atomic E-state index is 11.6. The third-order valence-electron chi connectivity index (χ3n) is 2.78. The van der Waals surface area contributed by atoms with E-state index in [1.54, 1.807) is 0 Å². The molecule has 16 heavy (non-hydrogen) atoms. The molecule has 1 aliphatic rings. The number of piperazine rings is 1. The number of nitrogens with zero attached hydrogens (tertiary/aromatic N) is 2. The Bertz CT molecular complexity index is 229. The summed E-state index contributed by atoms with van der Waals surface area (Å²) in [4.78, 5) is 13.9. The van der Waals surface area contributed by atoms with Crippen molar-refractivity contribution in [1.29, 1.82) is 0 Å². The van der Waals surface area contributed by atoms with Crippen molar-refractivity contribution in [2.75, 3.05) is 33.2 Å². The first-order valence-corrected chi connectivity index (χ1v) is 5.89. The summed E-state index contributed by atoms with van der Waals surface area (Å²) in [5, 5.41) is 1.99. The third-order valence-corrected chi connectivity index (χ3v) is 2.78. The number of amides is 1. The Labute approximate surface area is 97.9 Å². The van der Waals surface area contributed by atoms with Crippen molar-refractivity contribution in [3.8, 4) is 0 Å². The van der Waals surface area contributed by atoms with Crippen LogP contribution >= 0.6 is 0 Å². The monoisotopic (exact) mass is 228 g/mol. The summed E-state index contributed by atoms with van der Waals surface area (Å²) in [7, 11) is 2.09. The van der Waals surface area contributed by atoms with Gasteiger partial charge in [-0.3, -0.25) is 10.2 Å². The Morgan fingerprint density at radius 3 is 2.38 bits per heavy atom. The molecule has 0 aromatic carbocycles. The van der Waals surface area contributed by atoms with Crippen molar-refractivity contribution in [3.05, 3.63) is 0 Å². The van der Waals surface area contributed by atoms with Crippen molar-refractivity contribution in [2.45, 2.75) is 32.2 Å². The second-order valence-corrected chi connectivity index (χ2v) is 5.31. The highest BCUT2D eigenvalue weighted by Crippen LogP contribution is 2.06. The van der Waals surface area contributed by atoms with Gasteiger partial charge in [-0.1, -0.05) is 0 Å². The zero-order valence-corrected chi connectivity index (χ0v) is 10.6. The van der Waals surface area contributed by atoms with Crippen LogP contribution in [0.25, 0.3) is 0 Å². The lowest BCUT2D eigenvalue weighted by molar-refractivity contribution is -0.127. The van der Waals surface area contributed by atoms with Crippen LogP contribution in [0.2, 0.25) is 0 Å². The van der Waals surface area contributed by atoms with Crippen molar-refractivity contribution in [3.63, 3.8) is 0 Å². The van der Waals surface area contributed by atoms with Gasteiger partial charge in [-0.25, -0.2) is 5.01 Å². The molecule has 3 N–H and O–H groups in total. The van der Waals surface area contributed by atoms with Crippen molar-refractivity contribution in [1.82, 2.24) is 15.3 Å². The van der Waals surface area contributed by atoms with Gasteiger partial charge in [-0.15, -0.1) is 0 Å². The van der Waals surface area contributed by atoms with Gasteiger partial charge in [0.05, 0.1) is 0 Å². The largest absolute Gasteiger partial charge is 0.326 e. The summed E-state index contributed by atoms with van der Waals surface area (Å²) in [5.74, 6) is 0.0723. The van der Waals surface area contributed by atoms with Crippen LogP contribution in [-0.2, 0) is 4.79 Å². The summed E-state index contributed by atoms with van der Waals surface area (Å²) in [6.07, 6.45) is 1.21. The van der Waals surface area contributed by atoms with E-state index < -0.39 is 0 Å². The molecule has 0 unspecified atom stereocenters. The smallest absolute Gasteiger partial charge is 0.234 e. The highest BCUT2D eigenvalue weighted by molar-refractivity contribution is 5.75. The standard InChI is InChI=1S/C11H24N4O/c1-11(2,12)5-4-10(16)13-15-8-6-14(3)7-9-15/h4-9,12H2,1-3H3,(H,13,16). The Balaban J connectivity index is 2.19. The Morgan fingerprint density at radius 2 is 1.88 bits per heavy atom. The number of hydrazine groups is 1. The fourth-order valence-corrected chi connectivity index (χ4v) is 1.59. The summed E-state index contributed by atoms with van der Waals surface area (Å²) in [6.45, 7) is 7.68. The number of likely N-dealkylation sites (N-methyl/N-ethyl adjacent to an activating group) is 1. The van der Waals surface area contributed by atoms with Crippen LogP contribution < -0.4 is 11.2 Å². The van der Waals surface area contributed by atoms with E-state index in [1.807, 2.05) is 18.9 Å². The van der Waals surface area contributed by atoms with Crippen molar-refractivity contribution >= 4 is 5.91 Å². The van der Waals surface area contributed by atoms with Gasteiger partial charge in [0.2, 0.25) is 5.91 Å². The normalized spacial score (nSPS) is 19.8. The van der Waals surface area contributed by atoms with Gasteiger partial charge in [-0.2, -0.15) is 0 Å². The molecule has 1 amide bonds. The van der Waals surface area contributed by atoms with Gasteiger partial charge in [0, 0.05) is 38.1 Å². The molecule has 5 heteroatoms. The molecule has 0 aromatic heterocycles. The van der Waals surface area contributed by atoms with Gasteiger partial charge in [0.15, 0.2) is 0 Å². The van der Waals surface area contributed by atoms with Gasteiger partial charge >= 0.3 is 0 Å². The quantitative estimate of drug-likeness (QED) is 0.698. The first-order chi connectivity index (χ1) is 7.37. The predicted octanol–water partition coefficient (Wildman–Crippen LogP) is -0.217. The van der Waals surface area contributed by atoms with E-state index in [4.69, 9.17) is 5.73 Å². The number of rotatable bonds is 4. The van der Waals surface area contributed by atoms with Crippen molar-refractivity contribution in [2.24, 2.45) is 5.73 Å². The summed E-state index contributed by atoms with van der Waals surface area (Å²) in [6, 6.07) is 0. The van der Waals surface area contributed by atoms with Crippen LogP contribution in [0.1, 0.15) is 26.7 Å². The molecule has 0 saturated carbocycles. The number of nitrogens with one attached hydrogen (secondary N) is 1. The third kappa shape index (κ3) is 5.44. The maximum absolute atomic E-state index is 11.6. The minimum absolute atomic E-state index is 0.0723. The molecule has 5 nitrogen and oxygen atoms in total. The molecule has 1 heterocycles. The van der Waals surface area contributed by atoms with Crippen LogP contribution in [0.15, 0.2) is 0 Å². The van der Waals surface area contributed by atoms with Gasteiger partial charge < -0.3 is 10.6 Å². The Morgan fingerprint density at radius 1 is 1.31 bits per heavy atom. The zero-order valence-electron chi connectivity index (χ0n) is 10.6. The maximum Gasteiger partial charge on any atom is 0.234 e. The van der Waals surface area contributed by atoms with Crippen LogP contribution in [0.3, 0.4) is 0 Å². The Hall–Kier alpha value is -0.650. The lowest BCUT2D eigenvalue weighted by Gasteiger charge is -2.32. The van der Waals surface area contributed by atoms with Crippen LogP contribution in [0.4, 0.5) is 0 Å². The molecule has 94 valence electrons. The fourth-order valence-electron chi connectivity index (χ4n) is 1.59. The molecule has 1 aliphatic heterocycles. The van der Waals surface area contributed by atoms with Gasteiger partial charge in [0.25, 0.3) is 0 Å². The van der Waals surface area contributed by atoms with E-state index in [2.05, 4.69) is 17.4 Å². The zero-order chi connectivity index (χ0) is 12.2. The summed E-state index contributed by atoms with van der Waals surface area (Å²) >= 11 is 0. The molecule has 0 aromatic rings. The molecule has 0 aliphatic carbocycles. The average Bonchev–Trinajstić information content (AvgIpc) is 2.18. The average molecular weight is 228 g/mol. The summed E-state index contributed by atoms with van der Waals surface area (Å²) < 4.78 is 0. The van der Waals surface area contributed by atoms with E-state index in [0.717, 1.165) is 26.2 Å². The lowest BCUT2D eigenvalue weighted by atomic mass is 10.0. The minimum Gasteiger partial charge on any atom is -0.326 e. The highest BCUT2D eigenvalue weighted by atomic mass is 16.2. The van der Waals surface area contributed by atoms with E-state index in [-0.39, 0.29) is 11.4 Å². The predicted molar refractivity (Wildman–Crippen MR) is 64.7 cm³/mol. The van der Waals surface area contributed by atoms with Gasteiger partial charge in [-0.05, 0) is 27.3 Å². The Kier molecular flexibility index (Phi) is 4.70. The van der Waals surface area contributed by atoms with Crippen LogP contribution in [-0.4, -0.2) is 54.6 Å². The molecule has 0 radical (unpaired) electrons. The molecular formula is C11H24N4O. The molecule has 0 bridgehead atoms. The number of carbonyl (C=O) groups is 1. The number of carbonyl (C=O) groups excluding carboxylic acids is 1. The number of hydrogen-bond donors (Lipinski definition) is 2. The molecular weight excluding hydrogens is 204 g/mol. The van der Waals surface area contributed by atoms with Crippen molar-refractivity contribution < 1.29 is 4.79 Å². The molecule has 1 rings (SSSR count). The summed E-state index contributed by atoms with van der Waals surface area (Å²) in [5.41, 5.74) is 8.49. The van der Waals surface area contributed by atoms with E-state index in [9.17, 15) is 4.79 Å². The molecule has 0 spiro atoms. The van der Waals surface area contributed by atoms with E-state index in [1.165, 1.54) is 0 Å². The molecule has 0 atom stereocenters. The van der Waals surface area contributed by atoms with E-state index in [0.29, 0.717) is 12.8 Å². The first kappa shape index (κ1) is 13.4. The van der Waals surface area contributed by atoms with Crippen LogP contribution in [0, 0.1) is 0 Å². The molecule has 1 saturated heterocycles. The molecule has 1 fully saturated rings. The SMILES string of the molecule is CN1CCN(NC(=O)CCC(C)(C)N)CC1. The second-order valence-electron chi connectivity index (χ2n) is 5.31. The highest BCUT2D eigenvalue weighted by Gasteiger charge is 2.17. The second kappa shape index (κ2) is 5.61. The number of hydrogen-bond acceptors (Lipinski definition) is 4. The lowest BCUT2D eigenvalue weighted by Crippen LogP contribution is -2.52.